The van der Waals surface area contributed by atoms with Crippen LogP contribution in [0.2, 0.25) is 0 Å². The summed E-state index contributed by atoms with van der Waals surface area (Å²) in [5.74, 6) is 1.56. The molecule has 0 spiro atoms. The molecule has 106 valence electrons. The van der Waals surface area contributed by atoms with Gasteiger partial charge in [-0.3, -0.25) is 0 Å². The maximum absolute atomic E-state index is 3.53. The van der Waals surface area contributed by atoms with E-state index in [1.54, 1.807) is 16.7 Å². The van der Waals surface area contributed by atoms with Crippen LogP contribution >= 0.6 is 0 Å². The summed E-state index contributed by atoms with van der Waals surface area (Å²) in [5, 5.41) is 3.53. The number of hydrogen-bond donors (Lipinski definition) is 1. The molecule has 0 fully saturated rings. The molecule has 1 heteroatoms. The van der Waals surface area contributed by atoms with E-state index < -0.39 is 0 Å². The molecule has 0 amide bonds. The van der Waals surface area contributed by atoms with E-state index in [9.17, 15) is 0 Å². The van der Waals surface area contributed by atoms with Gasteiger partial charge in [-0.15, -0.1) is 0 Å². The normalized spacial score (nSPS) is 22.2. The molecule has 1 aliphatic heterocycles. The molecule has 1 unspecified atom stereocenters. The van der Waals surface area contributed by atoms with Crippen LogP contribution < -0.4 is 5.32 Å². The van der Waals surface area contributed by atoms with Crippen LogP contribution in [0.4, 0.5) is 0 Å². The van der Waals surface area contributed by atoms with Gasteiger partial charge in [0.25, 0.3) is 0 Å². The quantitative estimate of drug-likeness (QED) is 0.695. The highest BCUT2D eigenvalue weighted by Gasteiger charge is 2.25. The zero-order valence-corrected chi connectivity index (χ0v) is 13.6. The lowest BCUT2D eigenvalue weighted by Gasteiger charge is -2.33. The average Bonchev–Trinajstić information content (AvgIpc) is 2.42. The third-order valence-corrected chi connectivity index (χ3v) is 3.55. The lowest BCUT2D eigenvalue weighted by atomic mass is 9.77. The summed E-state index contributed by atoms with van der Waals surface area (Å²) in [5.41, 5.74) is 4.87. The van der Waals surface area contributed by atoms with Crippen molar-refractivity contribution in [2.75, 3.05) is 13.1 Å². The minimum Gasteiger partial charge on any atom is -0.312 e. The second kappa shape index (κ2) is 9.38. The van der Waals surface area contributed by atoms with E-state index in [1.807, 2.05) is 27.7 Å². The minimum absolute atomic E-state index is 0.777. The van der Waals surface area contributed by atoms with Crippen LogP contribution in [-0.2, 0) is 0 Å². The Hall–Kier alpha value is -0.560. The van der Waals surface area contributed by atoms with Gasteiger partial charge in [0.2, 0.25) is 0 Å². The second-order valence-corrected chi connectivity index (χ2v) is 5.02. The molecule has 1 N–H and O–H groups in total. The highest BCUT2D eigenvalue weighted by molar-refractivity contribution is 5.37. The van der Waals surface area contributed by atoms with Gasteiger partial charge in [-0.05, 0) is 37.2 Å². The van der Waals surface area contributed by atoms with Gasteiger partial charge < -0.3 is 5.32 Å². The first-order valence-corrected chi connectivity index (χ1v) is 7.78. The van der Waals surface area contributed by atoms with Gasteiger partial charge in [0.1, 0.15) is 0 Å². The Morgan fingerprint density at radius 2 is 1.72 bits per heavy atom. The summed E-state index contributed by atoms with van der Waals surface area (Å²) >= 11 is 0. The van der Waals surface area contributed by atoms with Gasteiger partial charge in [0, 0.05) is 13.1 Å². The lowest BCUT2D eigenvalue weighted by Crippen LogP contribution is -2.35. The standard InChI is InChI=1S/C13H21N.2C2H6/c1-9(2)13-8-14-7-11-6-10(3)4-5-12(11)13;2*1-2/h6,9,13-14H,4-5,7-8H2,1-3H3;2*1-2H3. The number of allylic oxidation sites excluding steroid dienone is 1. The van der Waals surface area contributed by atoms with E-state index in [1.165, 1.54) is 19.4 Å². The van der Waals surface area contributed by atoms with Crippen LogP contribution in [-0.4, -0.2) is 13.1 Å². The minimum atomic E-state index is 0.777. The molecule has 0 bridgehead atoms. The molecule has 18 heavy (non-hydrogen) atoms. The summed E-state index contributed by atoms with van der Waals surface area (Å²) in [6.07, 6.45) is 4.99. The monoisotopic (exact) mass is 251 g/mol. The maximum atomic E-state index is 3.53. The van der Waals surface area contributed by atoms with Gasteiger partial charge in [0.05, 0.1) is 0 Å². The van der Waals surface area contributed by atoms with Crippen molar-refractivity contribution in [2.45, 2.75) is 61.3 Å². The summed E-state index contributed by atoms with van der Waals surface area (Å²) in [7, 11) is 0. The van der Waals surface area contributed by atoms with Crippen LogP contribution in [0.25, 0.3) is 0 Å². The second-order valence-electron chi connectivity index (χ2n) is 5.02. The number of rotatable bonds is 1. The Balaban J connectivity index is 0.000000659. The first-order chi connectivity index (χ1) is 8.68. The van der Waals surface area contributed by atoms with Crippen LogP contribution in [0.3, 0.4) is 0 Å². The summed E-state index contributed by atoms with van der Waals surface area (Å²) in [4.78, 5) is 0. The van der Waals surface area contributed by atoms with E-state index in [2.05, 4.69) is 32.2 Å². The Labute approximate surface area is 115 Å². The van der Waals surface area contributed by atoms with E-state index in [-0.39, 0.29) is 0 Å². The Bertz CT molecular complexity index is 284. The van der Waals surface area contributed by atoms with Crippen LogP contribution in [0.5, 0.6) is 0 Å². The Morgan fingerprint density at radius 3 is 2.28 bits per heavy atom. The summed E-state index contributed by atoms with van der Waals surface area (Å²) in [6, 6.07) is 0. The number of hydrogen-bond acceptors (Lipinski definition) is 1. The van der Waals surface area contributed by atoms with Crippen molar-refractivity contribution < 1.29 is 0 Å². The third-order valence-electron chi connectivity index (χ3n) is 3.55. The number of nitrogens with one attached hydrogen (secondary N) is 1. The molecule has 2 rings (SSSR count). The van der Waals surface area contributed by atoms with E-state index >= 15 is 0 Å². The molecular formula is C17H33N. The molecule has 0 aromatic carbocycles. The maximum Gasteiger partial charge on any atom is 0.0205 e. The predicted molar refractivity (Wildman–Crippen MR) is 83.9 cm³/mol. The van der Waals surface area contributed by atoms with Crippen molar-refractivity contribution in [1.29, 1.82) is 0 Å². The molecule has 0 saturated carbocycles. The predicted octanol–water partition coefficient (Wildman–Crippen LogP) is 4.95. The van der Waals surface area contributed by atoms with E-state index in [0.29, 0.717) is 0 Å². The molecule has 0 saturated heterocycles. The van der Waals surface area contributed by atoms with E-state index in [4.69, 9.17) is 0 Å². The Morgan fingerprint density at radius 1 is 1.11 bits per heavy atom. The van der Waals surface area contributed by atoms with Gasteiger partial charge in [-0.25, -0.2) is 0 Å². The fourth-order valence-corrected chi connectivity index (χ4v) is 2.67. The van der Waals surface area contributed by atoms with Gasteiger partial charge in [-0.2, -0.15) is 0 Å². The van der Waals surface area contributed by atoms with Crippen LogP contribution in [0.1, 0.15) is 61.3 Å². The van der Waals surface area contributed by atoms with Gasteiger partial charge in [-0.1, -0.05) is 58.8 Å². The molecule has 2 aliphatic rings. The lowest BCUT2D eigenvalue weighted by molar-refractivity contribution is 0.388. The molecular weight excluding hydrogens is 218 g/mol. The molecule has 1 nitrogen and oxygen atoms in total. The topological polar surface area (TPSA) is 12.0 Å². The zero-order valence-electron chi connectivity index (χ0n) is 13.6. The molecule has 1 aliphatic carbocycles. The molecule has 0 radical (unpaired) electrons. The fraction of sp³-hybridized carbons (Fsp3) is 0.765. The smallest absolute Gasteiger partial charge is 0.0205 e. The van der Waals surface area contributed by atoms with Crippen molar-refractivity contribution >= 4 is 0 Å². The van der Waals surface area contributed by atoms with Crippen molar-refractivity contribution in [2.24, 2.45) is 11.8 Å². The van der Waals surface area contributed by atoms with Crippen LogP contribution in [0, 0.1) is 11.8 Å². The molecule has 0 aromatic rings. The van der Waals surface area contributed by atoms with Crippen LogP contribution in [0.15, 0.2) is 22.8 Å². The first-order valence-electron chi connectivity index (χ1n) is 7.78. The first kappa shape index (κ1) is 17.4. The zero-order chi connectivity index (χ0) is 14.1. The van der Waals surface area contributed by atoms with E-state index in [0.717, 1.165) is 18.4 Å². The average molecular weight is 251 g/mol. The van der Waals surface area contributed by atoms with Crippen molar-refractivity contribution in [3.63, 3.8) is 0 Å². The van der Waals surface area contributed by atoms with Gasteiger partial charge >= 0.3 is 0 Å². The molecule has 1 atom stereocenters. The Kier molecular flexibility index (Phi) is 9.09. The van der Waals surface area contributed by atoms with Crippen molar-refractivity contribution in [3.8, 4) is 0 Å². The summed E-state index contributed by atoms with van der Waals surface area (Å²) in [6.45, 7) is 17.2. The van der Waals surface area contributed by atoms with Gasteiger partial charge in [0.15, 0.2) is 0 Å². The summed E-state index contributed by atoms with van der Waals surface area (Å²) < 4.78 is 0. The SMILES string of the molecule is CC.CC.CC1=CC2=C(CC1)C(C(C)C)CNC2. The fourth-order valence-electron chi connectivity index (χ4n) is 2.67. The van der Waals surface area contributed by atoms with Crippen molar-refractivity contribution in [1.82, 2.24) is 5.32 Å². The highest BCUT2D eigenvalue weighted by atomic mass is 14.9. The van der Waals surface area contributed by atoms with Crippen molar-refractivity contribution in [3.05, 3.63) is 22.8 Å². The third kappa shape index (κ3) is 4.61. The molecule has 0 aromatic heterocycles. The highest BCUT2D eigenvalue weighted by Crippen LogP contribution is 2.34. The largest absolute Gasteiger partial charge is 0.312 e. The molecule has 1 heterocycles.